The Morgan fingerprint density at radius 3 is 2.08 bits per heavy atom. The van der Waals surface area contributed by atoms with E-state index in [1.165, 1.54) is 0 Å². The van der Waals surface area contributed by atoms with Crippen molar-refractivity contribution in [1.82, 2.24) is 5.32 Å². The Morgan fingerprint density at radius 2 is 1.62 bits per heavy atom. The third-order valence-corrected chi connectivity index (χ3v) is 7.10. The molecule has 204 valence electrons. The molecular weight excluding hydrogens is 513 g/mol. The monoisotopic (exact) mass is 544 g/mol. The Balaban J connectivity index is 0.000000604. The van der Waals surface area contributed by atoms with Gasteiger partial charge in [0.15, 0.2) is 0 Å². The number of amides is 1. The van der Waals surface area contributed by atoms with E-state index < -0.39 is 27.6 Å². The van der Waals surface area contributed by atoms with Crippen molar-refractivity contribution in [3.8, 4) is 0 Å². The van der Waals surface area contributed by atoms with Crippen molar-refractivity contribution in [2.24, 2.45) is 0 Å². The molecule has 37 heavy (non-hydrogen) atoms. The fourth-order valence-corrected chi connectivity index (χ4v) is 4.61. The molecule has 12 heteroatoms. The molecule has 1 amide bonds. The van der Waals surface area contributed by atoms with Crippen LogP contribution in [0.15, 0.2) is 53.4 Å². The first-order valence-electron chi connectivity index (χ1n) is 11.7. The number of carboxylic acid groups (broad SMARTS) is 1. The maximum absolute atomic E-state index is 12.7. The number of hydrogen-bond acceptors (Lipinski definition) is 5. The van der Waals surface area contributed by atoms with Crippen LogP contribution in [0.5, 0.6) is 0 Å². The van der Waals surface area contributed by atoms with Crippen LogP contribution < -0.4 is 10.0 Å². The van der Waals surface area contributed by atoms with Gasteiger partial charge in [0.2, 0.25) is 5.91 Å². The summed E-state index contributed by atoms with van der Waals surface area (Å²) < 4.78 is 64.7. The van der Waals surface area contributed by atoms with Gasteiger partial charge in [0.1, 0.15) is 0 Å². The van der Waals surface area contributed by atoms with Crippen molar-refractivity contribution >= 4 is 27.6 Å². The summed E-state index contributed by atoms with van der Waals surface area (Å²) in [5.41, 5.74) is 2.03. The number of halogens is 3. The molecule has 0 aromatic heterocycles. The number of benzene rings is 2. The molecule has 0 bridgehead atoms. The second kappa shape index (κ2) is 12.9. The van der Waals surface area contributed by atoms with Crippen LogP contribution >= 0.6 is 0 Å². The lowest BCUT2D eigenvalue weighted by atomic mass is 9.95. The van der Waals surface area contributed by atoms with Crippen molar-refractivity contribution in [3.63, 3.8) is 0 Å². The Kier molecular flexibility index (Phi) is 10.5. The normalized spacial score (nSPS) is 14.2. The summed E-state index contributed by atoms with van der Waals surface area (Å²) in [4.78, 5) is 21.7. The molecule has 8 nitrogen and oxygen atoms in total. The molecule has 1 fully saturated rings. The average molecular weight is 545 g/mol. The van der Waals surface area contributed by atoms with Crippen LogP contribution in [0.2, 0.25) is 0 Å². The number of sulfonamides is 1. The molecule has 3 rings (SSSR count). The van der Waals surface area contributed by atoms with Crippen LogP contribution in [0.3, 0.4) is 0 Å². The minimum atomic E-state index is -5.08. The van der Waals surface area contributed by atoms with Crippen molar-refractivity contribution in [1.29, 1.82) is 0 Å². The van der Waals surface area contributed by atoms with Gasteiger partial charge in [-0.3, -0.25) is 9.52 Å². The van der Waals surface area contributed by atoms with E-state index in [4.69, 9.17) is 14.6 Å². The van der Waals surface area contributed by atoms with Crippen molar-refractivity contribution < 1.29 is 41.0 Å². The number of carbonyl (C=O) groups is 2. The number of hydrogen-bond donors (Lipinski definition) is 3. The van der Waals surface area contributed by atoms with Crippen molar-refractivity contribution in [3.05, 3.63) is 59.7 Å². The summed E-state index contributed by atoms with van der Waals surface area (Å²) in [5, 5.41) is 10.1. The molecule has 1 aliphatic rings. The van der Waals surface area contributed by atoms with Gasteiger partial charge in [-0.15, -0.1) is 0 Å². The van der Waals surface area contributed by atoms with Gasteiger partial charge in [-0.2, -0.15) is 13.2 Å². The SMILES string of the molecule is CCCc1ccc(S(=O)(=O)Nc2ccc(C3(C(=O)NCCCOC)CC3)cc2)cc1.O=C(O)C(F)(F)F. The van der Waals surface area contributed by atoms with E-state index in [0.717, 1.165) is 43.2 Å². The van der Waals surface area contributed by atoms with Gasteiger partial charge in [0, 0.05) is 25.9 Å². The Hall–Kier alpha value is -3.12. The molecule has 3 N–H and O–H groups in total. The molecule has 0 radical (unpaired) electrons. The predicted octanol–water partition coefficient (Wildman–Crippen LogP) is 4.26. The fraction of sp³-hybridized carbons (Fsp3) is 0.440. The highest BCUT2D eigenvalue weighted by atomic mass is 32.2. The van der Waals surface area contributed by atoms with Gasteiger partial charge in [-0.05, 0) is 61.1 Å². The first kappa shape index (κ1) is 30.1. The molecule has 1 saturated carbocycles. The van der Waals surface area contributed by atoms with Crippen LogP contribution in [0.4, 0.5) is 18.9 Å². The van der Waals surface area contributed by atoms with Crippen LogP contribution in [0.25, 0.3) is 0 Å². The van der Waals surface area contributed by atoms with E-state index >= 15 is 0 Å². The lowest BCUT2D eigenvalue weighted by molar-refractivity contribution is -0.192. The zero-order valence-corrected chi connectivity index (χ0v) is 21.4. The fourth-order valence-electron chi connectivity index (χ4n) is 3.55. The molecule has 0 spiro atoms. The van der Waals surface area contributed by atoms with Gasteiger partial charge in [0.05, 0.1) is 10.3 Å². The highest BCUT2D eigenvalue weighted by Crippen LogP contribution is 2.48. The lowest BCUT2D eigenvalue weighted by Crippen LogP contribution is -2.35. The molecular formula is C25H31F3N2O6S. The lowest BCUT2D eigenvalue weighted by Gasteiger charge is -2.16. The Morgan fingerprint density at radius 1 is 1.05 bits per heavy atom. The zero-order valence-electron chi connectivity index (χ0n) is 20.6. The topological polar surface area (TPSA) is 122 Å². The number of carboxylic acids is 1. The highest BCUT2D eigenvalue weighted by molar-refractivity contribution is 7.92. The molecule has 2 aromatic rings. The van der Waals surface area contributed by atoms with Crippen molar-refractivity contribution in [2.75, 3.05) is 25.0 Å². The van der Waals surface area contributed by atoms with Crippen LogP contribution in [-0.2, 0) is 36.2 Å². The molecule has 1 aliphatic carbocycles. The van der Waals surface area contributed by atoms with Gasteiger partial charge >= 0.3 is 12.1 Å². The second-order valence-corrected chi connectivity index (χ2v) is 10.2. The van der Waals surface area contributed by atoms with Gasteiger partial charge < -0.3 is 15.2 Å². The van der Waals surface area contributed by atoms with E-state index in [2.05, 4.69) is 17.0 Å². The summed E-state index contributed by atoms with van der Waals surface area (Å²) in [6.07, 6.45) is -0.755. The molecule has 0 heterocycles. The van der Waals surface area contributed by atoms with E-state index in [1.54, 1.807) is 31.4 Å². The van der Waals surface area contributed by atoms with Crippen LogP contribution in [0.1, 0.15) is 43.7 Å². The predicted molar refractivity (Wildman–Crippen MR) is 132 cm³/mol. The summed E-state index contributed by atoms with van der Waals surface area (Å²) in [5.74, 6) is -2.73. The first-order chi connectivity index (χ1) is 17.4. The molecule has 0 unspecified atom stereocenters. The number of methoxy groups -OCH3 is 1. The van der Waals surface area contributed by atoms with Crippen LogP contribution in [-0.4, -0.2) is 51.8 Å². The minimum absolute atomic E-state index is 0.0269. The Bertz CT molecular complexity index is 1150. The molecule has 0 aliphatic heterocycles. The number of alkyl halides is 3. The number of anilines is 1. The van der Waals surface area contributed by atoms with E-state index in [0.29, 0.717) is 18.8 Å². The minimum Gasteiger partial charge on any atom is -0.475 e. The quantitative estimate of drug-likeness (QED) is 0.364. The molecule has 0 atom stereocenters. The number of nitrogens with one attached hydrogen (secondary N) is 2. The number of ether oxygens (including phenoxy) is 1. The maximum Gasteiger partial charge on any atom is 0.490 e. The van der Waals surface area contributed by atoms with E-state index in [-0.39, 0.29) is 10.8 Å². The first-order valence-corrected chi connectivity index (χ1v) is 13.1. The summed E-state index contributed by atoms with van der Waals surface area (Å²) >= 11 is 0. The van der Waals surface area contributed by atoms with Gasteiger partial charge in [-0.1, -0.05) is 37.6 Å². The van der Waals surface area contributed by atoms with Crippen molar-refractivity contribution in [2.45, 2.75) is 55.5 Å². The zero-order chi connectivity index (χ0) is 27.7. The standard InChI is InChI=1S/C23H30N2O4S.C2HF3O2/c1-3-5-18-6-12-21(13-7-18)30(27,28)25-20-10-8-19(9-11-20)23(14-15-23)22(26)24-16-4-17-29-2;3-2(4,5)1(6)7/h6-13,25H,3-5,14-17H2,1-2H3,(H,24,26);(H,6,7). The Labute approximate surface area is 214 Å². The third-order valence-electron chi connectivity index (χ3n) is 5.70. The second-order valence-electron chi connectivity index (χ2n) is 8.56. The third kappa shape index (κ3) is 8.74. The largest absolute Gasteiger partial charge is 0.490 e. The number of aryl methyl sites for hydroxylation is 1. The van der Waals surface area contributed by atoms with E-state index in [9.17, 15) is 26.4 Å². The smallest absolute Gasteiger partial charge is 0.475 e. The average Bonchev–Trinajstić information content (AvgIpc) is 3.65. The van der Waals surface area contributed by atoms with Gasteiger partial charge in [0.25, 0.3) is 10.0 Å². The molecule has 2 aromatic carbocycles. The summed E-state index contributed by atoms with van der Waals surface area (Å²) in [6, 6.07) is 14.1. The van der Waals surface area contributed by atoms with Crippen LogP contribution in [0, 0.1) is 0 Å². The number of rotatable bonds is 11. The highest BCUT2D eigenvalue weighted by Gasteiger charge is 2.51. The summed E-state index contributed by atoms with van der Waals surface area (Å²) in [7, 11) is -2.01. The maximum atomic E-state index is 12.7. The number of aliphatic carboxylic acids is 1. The number of carbonyl (C=O) groups excluding carboxylic acids is 1. The summed E-state index contributed by atoms with van der Waals surface area (Å²) in [6.45, 7) is 3.29. The molecule has 0 saturated heterocycles. The van der Waals surface area contributed by atoms with Gasteiger partial charge in [-0.25, -0.2) is 13.2 Å². The van der Waals surface area contributed by atoms with E-state index in [1.807, 2.05) is 24.3 Å².